The van der Waals surface area contributed by atoms with Crippen LogP contribution in [0.3, 0.4) is 0 Å². The summed E-state index contributed by atoms with van der Waals surface area (Å²) >= 11 is 0. The van der Waals surface area contributed by atoms with Gasteiger partial charge in [0, 0.05) is 0 Å². The molecule has 0 radical (unpaired) electrons. The Morgan fingerprint density at radius 3 is 2.31 bits per heavy atom. The van der Waals surface area contributed by atoms with Crippen molar-refractivity contribution in [1.29, 1.82) is 0 Å². The summed E-state index contributed by atoms with van der Waals surface area (Å²) < 4.78 is 5.76. The largest absolute Gasteiger partial charge is 0.488 e. The zero-order valence-corrected chi connectivity index (χ0v) is 9.30. The lowest BCUT2D eigenvalue weighted by Gasteiger charge is -2.11. The van der Waals surface area contributed by atoms with E-state index in [1.165, 1.54) is 25.7 Å². The number of rotatable bonds is 4. The molecule has 0 unspecified atom stereocenters. The van der Waals surface area contributed by atoms with E-state index in [2.05, 4.69) is 0 Å². The van der Waals surface area contributed by atoms with Crippen molar-refractivity contribution in [2.45, 2.75) is 38.4 Å². The van der Waals surface area contributed by atoms with Crippen molar-refractivity contribution >= 4 is 12.6 Å². The van der Waals surface area contributed by atoms with E-state index in [0.29, 0.717) is 18.2 Å². The minimum atomic E-state index is -1.38. The Balaban J connectivity index is 1.84. The molecule has 0 bridgehead atoms. The Morgan fingerprint density at radius 2 is 1.75 bits per heavy atom. The average Bonchev–Trinajstić information content (AvgIpc) is 2.80. The topological polar surface area (TPSA) is 49.7 Å². The van der Waals surface area contributed by atoms with Gasteiger partial charge in [-0.25, -0.2) is 0 Å². The molecule has 3 nitrogen and oxygen atoms in total. The Kier molecular flexibility index (Phi) is 3.99. The number of hydrogen-bond acceptors (Lipinski definition) is 3. The molecule has 0 spiro atoms. The van der Waals surface area contributed by atoms with Crippen LogP contribution in [0.2, 0.25) is 0 Å². The summed E-state index contributed by atoms with van der Waals surface area (Å²) in [5.41, 5.74) is 1.60. The van der Waals surface area contributed by atoms with Crippen molar-refractivity contribution < 1.29 is 14.8 Å². The van der Waals surface area contributed by atoms with Gasteiger partial charge >= 0.3 is 7.12 Å². The van der Waals surface area contributed by atoms with E-state index >= 15 is 0 Å². The van der Waals surface area contributed by atoms with Crippen LogP contribution in [0.4, 0.5) is 0 Å². The van der Waals surface area contributed by atoms with Crippen LogP contribution in [0.5, 0.6) is 0 Å². The fourth-order valence-electron chi connectivity index (χ4n) is 2.06. The molecule has 1 aliphatic carbocycles. The molecule has 0 aromatic heterocycles. The lowest BCUT2D eigenvalue weighted by Crippen LogP contribution is -2.29. The van der Waals surface area contributed by atoms with Crippen molar-refractivity contribution in [2.24, 2.45) is 0 Å². The Morgan fingerprint density at radius 1 is 1.12 bits per heavy atom. The molecule has 0 amide bonds. The first-order valence-corrected chi connectivity index (χ1v) is 5.82. The van der Waals surface area contributed by atoms with Crippen LogP contribution in [-0.2, 0) is 11.3 Å². The summed E-state index contributed by atoms with van der Waals surface area (Å²) in [6.07, 6.45) is 5.32. The molecule has 1 fully saturated rings. The maximum atomic E-state index is 8.94. The van der Waals surface area contributed by atoms with Gasteiger partial charge in [0.1, 0.15) is 0 Å². The average molecular weight is 220 g/mol. The monoisotopic (exact) mass is 220 g/mol. The zero-order valence-electron chi connectivity index (χ0n) is 9.30. The highest BCUT2D eigenvalue weighted by atomic mass is 16.5. The van der Waals surface area contributed by atoms with Crippen molar-refractivity contribution in [3.63, 3.8) is 0 Å². The summed E-state index contributed by atoms with van der Waals surface area (Å²) in [7, 11) is -1.38. The van der Waals surface area contributed by atoms with Gasteiger partial charge in [-0.05, 0) is 23.9 Å². The molecule has 1 saturated carbocycles. The van der Waals surface area contributed by atoms with Gasteiger partial charge in [-0.1, -0.05) is 37.1 Å². The molecular weight excluding hydrogens is 203 g/mol. The van der Waals surface area contributed by atoms with Gasteiger partial charge in [-0.3, -0.25) is 0 Å². The van der Waals surface area contributed by atoms with E-state index in [1.54, 1.807) is 12.1 Å². The highest BCUT2D eigenvalue weighted by Crippen LogP contribution is 2.21. The first kappa shape index (κ1) is 11.6. The molecule has 0 atom stereocenters. The van der Waals surface area contributed by atoms with Crippen LogP contribution >= 0.6 is 0 Å². The summed E-state index contributed by atoms with van der Waals surface area (Å²) in [5, 5.41) is 17.9. The number of hydrogen-bond donors (Lipinski definition) is 2. The third-order valence-electron chi connectivity index (χ3n) is 3.07. The van der Waals surface area contributed by atoms with E-state index in [4.69, 9.17) is 14.8 Å². The third kappa shape index (κ3) is 3.08. The second-order valence-corrected chi connectivity index (χ2v) is 4.33. The van der Waals surface area contributed by atoms with Gasteiger partial charge in [-0.15, -0.1) is 0 Å². The summed E-state index contributed by atoms with van der Waals surface area (Å²) in [6.45, 7) is 0.618. The van der Waals surface area contributed by atoms with Crippen LogP contribution < -0.4 is 5.46 Å². The molecule has 1 aromatic carbocycles. The Labute approximate surface area is 96.2 Å². The summed E-state index contributed by atoms with van der Waals surface area (Å²) in [5.74, 6) is 0. The van der Waals surface area contributed by atoms with Crippen LogP contribution in [0.1, 0.15) is 31.2 Å². The number of benzene rings is 1. The molecule has 1 aromatic rings. The van der Waals surface area contributed by atoms with Crippen molar-refractivity contribution in [3.8, 4) is 0 Å². The third-order valence-corrected chi connectivity index (χ3v) is 3.07. The lowest BCUT2D eigenvalue weighted by atomic mass is 9.80. The predicted molar refractivity (Wildman–Crippen MR) is 63.3 cm³/mol. The highest BCUT2D eigenvalue weighted by Gasteiger charge is 2.15. The van der Waals surface area contributed by atoms with Gasteiger partial charge in [0.2, 0.25) is 0 Å². The SMILES string of the molecule is OB(O)c1ccc(COC2CCCC2)cc1. The first-order chi connectivity index (χ1) is 7.75. The summed E-state index contributed by atoms with van der Waals surface area (Å²) in [6, 6.07) is 7.20. The maximum Gasteiger partial charge on any atom is 0.488 e. The van der Waals surface area contributed by atoms with Crippen LogP contribution in [0, 0.1) is 0 Å². The quantitative estimate of drug-likeness (QED) is 0.738. The first-order valence-electron chi connectivity index (χ1n) is 5.82. The second kappa shape index (κ2) is 5.48. The minimum Gasteiger partial charge on any atom is -0.423 e. The molecule has 2 rings (SSSR count). The molecular formula is C12H17BO3. The second-order valence-electron chi connectivity index (χ2n) is 4.33. The van der Waals surface area contributed by atoms with Gasteiger partial charge in [0.15, 0.2) is 0 Å². The molecule has 0 saturated heterocycles. The van der Waals surface area contributed by atoms with Crippen LogP contribution in [0.25, 0.3) is 0 Å². The van der Waals surface area contributed by atoms with Crippen molar-refractivity contribution in [2.75, 3.05) is 0 Å². The zero-order chi connectivity index (χ0) is 11.4. The van der Waals surface area contributed by atoms with Crippen molar-refractivity contribution in [1.82, 2.24) is 0 Å². The van der Waals surface area contributed by atoms with Gasteiger partial charge < -0.3 is 14.8 Å². The molecule has 0 heterocycles. The molecule has 1 aliphatic rings. The van der Waals surface area contributed by atoms with Crippen molar-refractivity contribution in [3.05, 3.63) is 29.8 Å². The predicted octanol–water partition coefficient (Wildman–Crippen LogP) is 0.826. The van der Waals surface area contributed by atoms with E-state index in [-0.39, 0.29) is 0 Å². The highest BCUT2D eigenvalue weighted by molar-refractivity contribution is 6.58. The Hall–Kier alpha value is -0.835. The van der Waals surface area contributed by atoms with Gasteiger partial charge in [0.25, 0.3) is 0 Å². The van der Waals surface area contributed by atoms with Gasteiger partial charge in [-0.2, -0.15) is 0 Å². The van der Waals surface area contributed by atoms with E-state index in [9.17, 15) is 0 Å². The molecule has 4 heteroatoms. The minimum absolute atomic E-state index is 0.420. The molecule has 16 heavy (non-hydrogen) atoms. The lowest BCUT2D eigenvalue weighted by molar-refractivity contribution is 0.0457. The normalized spacial score (nSPS) is 16.6. The van der Waals surface area contributed by atoms with E-state index in [1.807, 2.05) is 12.1 Å². The number of ether oxygens (including phenoxy) is 1. The molecule has 0 aliphatic heterocycles. The van der Waals surface area contributed by atoms with Gasteiger partial charge in [0.05, 0.1) is 12.7 Å². The van der Waals surface area contributed by atoms with Crippen LogP contribution in [-0.4, -0.2) is 23.3 Å². The molecule has 86 valence electrons. The summed E-state index contributed by atoms with van der Waals surface area (Å²) in [4.78, 5) is 0. The standard InChI is InChI=1S/C12H17BO3/c14-13(15)11-7-5-10(6-8-11)9-16-12-3-1-2-4-12/h5-8,12,14-15H,1-4,9H2. The maximum absolute atomic E-state index is 8.94. The van der Waals surface area contributed by atoms with E-state index < -0.39 is 7.12 Å². The molecule has 2 N–H and O–H groups in total. The van der Waals surface area contributed by atoms with Crippen LogP contribution in [0.15, 0.2) is 24.3 Å². The smallest absolute Gasteiger partial charge is 0.423 e. The Bertz CT molecular complexity index is 318. The fraction of sp³-hybridized carbons (Fsp3) is 0.500. The fourth-order valence-corrected chi connectivity index (χ4v) is 2.06. The van der Waals surface area contributed by atoms with E-state index in [0.717, 1.165) is 5.56 Å².